The fourth-order valence-electron chi connectivity index (χ4n) is 4.09. The molecule has 2 rings (SSSR count). The van der Waals surface area contributed by atoms with E-state index in [1.54, 1.807) is 30.3 Å². The standard InChI is InChI=1S/C25H31N3O12/c1-14(29)35-13-20(38-16(3)31)22(39-17(4)32)23-21(27-28-26)19(37-15(2)30)11-25(40-23,24(33)34-5)36-12-18-9-7-6-8-10-18/h6-10,19-23H,11-13H2,1-5H3/t19-,20+,21+,22+,23+,25+/m0/s1. The van der Waals surface area contributed by atoms with Gasteiger partial charge in [-0.3, -0.25) is 19.2 Å². The molecule has 0 aliphatic carbocycles. The first kappa shape index (κ1) is 32.0. The number of carbonyl (C=O) groups excluding carboxylic acids is 5. The molecule has 1 aliphatic rings. The van der Waals surface area contributed by atoms with Gasteiger partial charge in [-0.1, -0.05) is 35.4 Å². The van der Waals surface area contributed by atoms with Gasteiger partial charge in [0.1, 0.15) is 24.9 Å². The number of rotatable bonds is 12. The summed E-state index contributed by atoms with van der Waals surface area (Å²) in [6.45, 7) is 3.50. The third-order valence-electron chi connectivity index (χ3n) is 5.59. The number of ether oxygens (including phenoxy) is 7. The Balaban J connectivity index is 2.69. The maximum atomic E-state index is 13.2. The molecule has 1 aliphatic heterocycles. The zero-order valence-corrected chi connectivity index (χ0v) is 22.6. The van der Waals surface area contributed by atoms with Crippen molar-refractivity contribution in [1.82, 2.24) is 0 Å². The molecule has 6 atom stereocenters. The van der Waals surface area contributed by atoms with Gasteiger partial charge in [0, 0.05) is 32.6 Å². The number of methoxy groups -OCH3 is 1. The number of azide groups is 1. The highest BCUT2D eigenvalue weighted by Crippen LogP contribution is 2.38. The molecule has 15 nitrogen and oxygen atoms in total. The van der Waals surface area contributed by atoms with Crippen LogP contribution in [-0.2, 0) is 63.7 Å². The zero-order chi connectivity index (χ0) is 29.9. The third kappa shape index (κ3) is 8.93. The van der Waals surface area contributed by atoms with Crippen molar-refractivity contribution >= 4 is 29.8 Å². The Morgan fingerprint density at radius 3 is 2.20 bits per heavy atom. The summed E-state index contributed by atoms with van der Waals surface area (Å²) in [6.07, 6.45) is -6.66. The summed E-state index contributed by atoms with van der Waals surface area (Å²) in [4.78, 5) is 63.7. The van der Waals surface area contributed by atoms with Gasteiger partial charge >= 0.3 is 29.8 Å². The van der Waals surface area contributed by atoms with Gasteiger partial charge in [-0.2, -0.15) is 0 Å². The second-order valence-corrected chi connectivity index (χ2v) is 8.67. The van der Waals surface area contributed by atoms with Gasteiger partial charge in [0.05, 0.1) is 20.1 Å². The molecule has 1 aromatic rings. The van der Waals surface area contributed by atoms with Gasteiger partial charge in [0.15, 0.2) is 12.2 Å². The summed E-state index contributed by atoms with van der Waals surface area (Å²) in [5, 5.41) is 3.68. The topological polar surface area (TPSA) is 199 Å². The van der Waals surface area contributed by atoms with Crippen LogP contribution in [0.1, 0.15) is 39.7 Å². The van der Waals surface area contributed by atoms with E-state index in [-0.39, 0.29) is 6.61 Å². The van der Waals surface area contributed by atoms with Crippen LogP contribution >= 0.6 is 0 Å². The molecule has 40 heavy (non-hydrogen) atoms. The van der Waals surface area contributed by atoms with Crippen molar-refractivity contribution in [3.63, 3.8) is 0 Å². The Morgan fingerprint density at radius 1 is 1.02 bits per heavy atom. The highest BCUT2D eigenvalue weighted by molar-refractivity contribution is 5.78. The Bertz CT molecular complexity index is 1120. The van der Waals surface area contributed by atoms with Crippen molar-refractivity contribution in [2.75, 3.05) is 13.7 Å². The Morgan fingerprint density at radius 2 is 1.68 bits per heavy atom. The molecule has 0 radical (unpaired) electrons. The number of hydrogen-bond acceptors (Lipinski definition) is 13. The lowest BCUT2D eigenvalue weighted by molar-refractivity contribution is -0.315. The summed E-state index contributed by atoms with van der Waals surface area (Å²) in [5.74, 6) is -6.61. The molecule has 15 heteroatoms. The minimum absolute atomic E-state index is 0.180. The molecule has 0 bridgehead atoms. The molecule has 0 aromatic heterocycles. The maximum Gasteiger partial charge on any atom is 0.366 e. The van der Waals surface area contributed by atoms with E-state index in [9.17, 15) is 29.5 Å². The van der Waals surface area contributed by atoms with E-state index in [0.717, 1.165) is 34.8 Å². The first-order valence-corrected chi connectivity index (χ1v) is 12.1. The van der Waals surface area contributed by atoms with E-state index in [1.807, 2.05) is 0 Å². The van der Waals surface area contributed by atoms with Gasteiger partial charge in [-0.15, -0.1) is 0 Å². The van der Waals surface area contributed by atoms with Crippen LogP contribution in [0.2, 0.25) is 0 Å². The third-order valence-corrected chi connectivity index (χ3v) is 5.59. The van der Waals surface area contributed by atoms with E-state index < -0.39 is 79.1 Å². The summed E-state index contributed by atoms with van der Waals surface area (Å²) in [6, 6.07) is 7.25. The summed E-state index contributed by atoms with van der Waals surface area (Å²) in [5.41, 5.74) is 9.96. The highest BCUT2D eigenvalue weighted by atomic mass is 16.7. The van der Waals surface area contributed by atoms with Crippen molar-refractivity contribution in [3.8, 4) is 0 Å². The summed E-state index contributed by atoms with van der Waals surface area (Å²) >= 11 is 0. The van der Waals surface area contributed by atoms with Crippen molar-refractivity contribution in [3.05, 3.63) is 46.3 Å². The lowest BCUT2D eigenvalue weighted by Crippen LogP contribution is -2.65. The Kier molecular flexibility index (Phi) is 11.9. The van der Waals surface area contributed by atoms with Gasteiger partial charge < -0.3 is 33.2 Å². The van der Waals surface area contributed by atoms with E-state index >= 15 is 0 Å². The fraction of sp³-hybridized carbons (Fsp3) is 0.560. The predicted octanol–water partition coefficient (Wildman–Crippen LogP) is 1.90. The molecule has 0 unspecified atom stereocenters. The molecule has 0 N–H and O–H groups in total. The average molecular weight is 566 g/mol. The molecular weight excluding hydrogens is 534 g/mol. The van der Waals surface area contributed by atoms with Crippen LogP contribution in [0.4, 0.5) is 0 Å². The SMILES string of the molecule is COC(=O)[C@@]1(OCc2ccccc2)C[C@H](OC(C)=O)[C@@H](N=[N+]=[N-])[C@H]([C@H](OC(C)=O)[C@@H](COC(C)=O)OC(C)=O)O1. The first-order valence-electron chi connectivity index (χ1n) is 12.1. The minimum Gasteiger partial charge on any atom is -0.465 e. The quantitative estimate of drug-likeness (QED) is 0.117. The van der Waals surface area contributed by atoms with Crippen LogP contribution in [0.15, 0.2) is 35.4 Å². The molecular formula is C25H31N3O12. The van der Waals surface area contributed by atoms with Crippen LogP contribution in [0.25, 0.3) is 10.4 Å². The minimum atomic E-state index is -2.28. The number of carbonyl (C=O) groups is 5. The number of benzene rings is 1. The van der Waals surface area contributed by atoms with Crippen molar-refractivity contribution in [1.29, 1.82) is 0 Å². The maximum absolute atomic E-state index is 13.2. The average Bonchev–Trinajstić information content (AvgIpc) is 2.89. The molecule has 1 aromatic carbocycles. The van der Waals surface area contributed by atoms with E-state index in [4.69, 9.17) is 33.2 Å². The molecule has 1 saturated heterocycles. The van der Waals surface area contributed by atoms with Gasteiger partial charge in [0.2, 0.25) is 0 Å². The van der Waals surface area contributed by atoms with Crippen LogP contribution in [0.5, 0.6) is 0 Å². The van der Waals surface area contributed by atoms with Gasteiger partial charge in [-0.25, -0.2) is 4.79 Å². The molecule has 1 fully saturated rings. The van der Waals surface area contributed by atoms with E-state index in [1.165, 1.54) is 0 Å². The van der Waals surface area contributed by atoms with Crippen molar-refractivity contribution in [2.24, 2.45) is 5.11 Å². The lowest BCUT2D eigenvalue weighted by atomic mass is 9.88. The van der Waals surface area contributed by atoms with Crippen molar-refractivity contribution in [2.45, 2.75) is 77.0 Å². The molecule has 0 amide bonds. The summed E-state index contributed by atoms with van der Waals surface area (Å²) < 4.78 is 38.1. The normalized spacial score (nSPS) is 23.4. The van der Waals surface area contributed by atoms with Crippen LogP contribution in [0, 0.1) is 0 Å². The smallest absolute Gasteiger partial charge is 0.366 e. The molecule has 0 spiro atoms. The van der Waals surface area contributed by atoms with Crippen LogP contribution in [-0.4, -0.2) is 79.8 Å². The molecule has 1 heterocycles. The monoisotopic (exact) mass is 565 g/mol. The zero-order valence-electron chi connectivity index (χ0n) is 22.6. The number of nitrogens with zero attached hydrogens (tertiary/aromatic N) is 3. The lowest BCUT2D eigenvalue weighted by Gasteiger charge is -2.47. The number of hydrogen-bond donors (Lipinski definition) is 0. The summed E-state index contributed by atoms with van der Waals surface area (Å²) in [7, 11) is 1.07. The van der Waals surface area contributed by atoms with Gasteiger partial charge in [0.25, 0.3) is 5.79 Å². The van der Waals surface area contributed by atoms with Crippen LogP contribution in [0.3, 0.4) is 0 Å². The fourth-order valence-corrected chi connectivity index (χ4v) is 4.09. The highest BCUT2D eigenvalue weighted by Gasteiger charge is 2.58. The van der Waals surface area contributed by atoms with Crippen molar-refractivity contribution < 1.29 is 57.1 Å². The Hall–Kier alpha value is -4.20. The van der Waals surface area contributed by atoms with Crippen LogP contribution < -0.4 is 0 Å². The molecule has 0 saturated carbocycles. The second-order valence-electron chi connectivity index (χ2n) is 8.67. The largest absolute Gasteiger partial charge is 0.465 e. The predicted molar refractivity (Wildman–Crippen MR) is 132 cm³/mol. The van der Waals surface area contributed by atoms with E-state index in [2.05, 4.69) is 10.0 Å². The molecule has 218 valence electrons. The van der Waals surface area contributed by atoms with Gasteiger partial charge in [-0.05, 0) is 11.1 Å². The van der Waals surface area contributed by atoms with E-state index in [0.29, 0.717) is 5.56 Å². The second kappa shape index (κ2) is 14.8. The first-order chi connectivity index (χ1) is 18.9. The Labute approximate surface area is 229 Å². The number of esters is 5.